The average Bonchev–Trinajstić information content (AvgIpc) is 3.54. The molecule has 5 aliphatic heterocycles. The number of nitrogens with zero attached hydrogens (tertiary/aromatic N) is 3. The lowest BCUT2D eigenvalue weighted by atomic mass is 9.97. The minimum atomic E-state index is -1.27. The third kappa shape index (κ3) is 6.87. The number of carbonyl (C=O) groups excluding carboxylic acids is 3. The Hall–Kier alpha value is -2.81. The molecule has 0 saturated carbocycles. The van der Waals surface area contributed by atoms with Crippen molar-refractivity contribution in [3.63, 3.8) is 0 Å². The smallest absolute Gasteiger partial charge is 0.240 e. The molecule has 13 heteroatoms. The summed E-state index contributed by atoms with van der Waals surface area (Å²) in [5, 5.41) is 24.8. The van der Waals surface area contributed by atoms with Crippen molar-refractivity contribution in [1.82, 2.24) is 20.0 Å². The zero-order valence-electron chi connectivity index (χ0n) is 25.2. The van der Waals surface area contributed by atoms with Gasteiger partial charge < -0.3 is 44.3 Å². The van der Waals surface area contributed by atoms with Crippen LogP contribution in [-0.4, -0.2) is 145 Å². The van der Waals surface area contributed by atoms with Crippen LogP contribution in [0.4, 0.5) is 0 Å². The summed E-state index contributed by atoms with van der Waals surface area (Å²) in [6, 6.07) is 6.97. The number of methoxy groups -OCH3 is 1. The van der Waals surface area contributed by atoms with E-state index >= 15 is 0 Å². The van der Waals surface area contributed by atoms with E-state index in [1.54, 1.807) is 12.0 Å². The van der Waals surface area contributed by atoms with E-state index in [4.69, 9.17) is 18.9 Å². The first kappa shape index (κ1) is 31.2. The Morgan fingerprint density at radius 1 is 1.05 bits per heavy atom. The molecule has 0 unspecified atom stereocenters. The van der Waals surface area contributed by atoms with E-state index in [9.17, 15) is 24.6 Å². The van der Waals surface area contributed by atoms with Crippen LogP contribution in [0.25, 0.3) is 0 Å². The van der Waals surface area contributed by atoms with Gasteiger partial charge in [-0.15, -0.1) is 0 Å². The minimum Gasteiger partial charge on any atom is -0.497 e. The highest BCUT2D eigenvalue weighted by atomic mass is 16.5. The number of amides is 3. The molecular formula is C31H44N4O9. The number of hydrogen-bond acceptors (Lipinski definition) is 10. The Labute approximate surface area is 257 Å². The molecule has 0 aromatic heterocycles. The molecule has 1 aromatic rings. The van der Waals surface area contributed by atoms with Crippen molar-refractivity contribution in [3.8, 4) is 5.75 Å². The van der Waals surface area contributed by atoms with Gasteiger partial charge in [0.15, 0.2) is 0 Å². The Balaban J connectivity index is 1.26. The Morgan fingerprint density at radius 2 is 1.84 bits per heavy atom. The lowest BCUT2D eigenvalue weighted by Gasteiger charge is -2.39. The molecule has 3 N–H and O–H groups in total. The molecule has 0 radical (unpaired) electrons. The normalized spacial score (nSPS) is 34.2. The molecule has 5 fully saturated rings. The standard InChI is InChI=1S/C31H44N4O9/c1-41-22-4-2-3-19(11-22)14-34-15-21-12-24(34)31(40)33-7-10-43-23(16-33)17-35(30(39)20-5-8-42-9-6-20)18-26-29(38)28(37)25(44-26)13-27(36)32-21/h2-4,11,20-21,23-26,28-29,37-38H,5-10,12-18H2,1H3,(H,32,36)/t21-,23-,24-,25-,26+,28-,29+/m0/s1. The molecule has 13 nitrogen and oxygen atoms in total. The quantitative estimate of drug-likeness (QED) is 0.390. The van der Waals surface area contributed by atoms with E-state index in [1.807, 2.05) is 29.2 Å². The SMILES string of the molecule is COc1cccc(CN2C[C@@H]3C[C@H]2C(=O)N2CCO[C@H](CN(C(=O)C4CCOCC4)C[C@H]4O[C@@H](CC(=O)N3)[C@H](O)[C@@H]4O)C2)c1. The number of aliphatic hydroxyl groups excluding tert-OH is 2. The predicted molar refractivity (Wildman–Crippen MR) is 155 cm³/mol. The van der Waals surface area contributed by atoms with Crippen LogP contribution in [0, 0.1) is 5.92 Å². The number of hydrogen-bond donors (Lipinski definition) is 3. The molecule has 5 aliphatic rings. The van der Waals surface area contributed by atoms with Gasteiger partial charge >= 0.3 is 0 Å². The van der Waals surface area contributed by atoms with Crippen LogP contribution < -0.4 is 10.1 Å². The fourth-order valence-corrected chi connectivity index (χ4v) is 7.22. The largest absolute Gasteiger partial charge is 0.497 e. The van der Waals surface area contributed by atoms with Crippen LogP contribution in [0.5, 0.6) is 5.75 Å². The Bertz CT molecular complexity index is 1200. The van der Waals surface area contributed by atoms with Gasteiger partial charge in [0.05, 0.1) is 38.4 Å². The highest BCUT2D eigenvalue weighted by Crippen LogP contribution is 2.29. The lowest BCUT2D eigenvalue weighted by molar-refractivity contribution is -0.150. The second kappa shape index (κ2) is 13.7. The molecule has 44 heavy (non-hydrogen) atoms. The van der Waals surface area contributed by atoms with Crippen molar-refractivity contribution in [2.24, 2.45) is 5.92 Å². The molecule has 5 saturated heterocycles. The van der Waals surface area contributed by atoms with Crippen LogP contribution >= 0.6 is 0 Å². The third-order valence-electron chi connectivity index (χ3n) is 9.58. The number of rotatable bonds is 4. The fourth-order valence-electron chi connectivity index (χ4n) is 7.22. The van der Waals surface area contributed by atoms with Crippen LogP contribution in [-0.2, 0) is 35.1 Å². The van der Waals surface area contributed by atoms with Crippen molar-refractivity contribution in [2.75, 3.05) is 59.7 Å². The van der Waals surface area contributed by atoms with E-state index in [1.165, 1.54) is 0 Å². The van der Waals surface area contributed by atoms with Gasteiger partial charge in [0.2, 0.25) is 17.7 Å². The summed E-state index contributed by atoms with van der Waals surface area (Å²) >= 11 is 0. The Kier molecular flexibility index (Phi) is 9.69. The fraction of sp³-hybridized carbons (Fsp3) is 0.710. The van der Waals surface area contributed by atoms with Gasteiger partial charge in [0.25, 0.3) is 0 Å². The molecule has 7 atom stereocenters. The first-order chi connectivity index (χ1) is 21.3. The highest BCUT2D eigenvalue weighted by molar-refractivity contribution is 5.83. The number of fused-ring (bicyclic) bond motifs is 6. The van der Waals surface area contributed by atoms with Gasteiger partial charge in [-0.2, -0.15) is 0 Å². The molecule has 3 amide bonds. The minimum absolute atomic E-state index is 0.0263. The highest BCUT2D eigenvalue weighted by Gasteiger charge is 2.47. The molecule has 0 spiro atoms. The number of benzene rings is 1. The number of aliphatic hydroxyl groups is 2. The summed E-state index contributed by atoms with van der Waals surface area (Å²) < 4.78 is 23.0. The zero-order chi connectivity index (χ0) is 30.8. The summed E-state index contributed by atoms with van der Waals surface area (Å²) in [7, 11) is 1.61. The van der Waals surface area contributed by atoms with E-state index in [0.29, 0.717) is 65.3 Å². The van der Waals surface area contributed by atoms with Crippen LogP contribution in [0.2, 0.25) is 0 Å². The van der Waals surface area contributed by atoms with E-state index in [2.05, 4.69) is 10.2 Å². The summed E-state index contributed by atoms with van der Waals surface area (Å²) in [6.45, 7) is 3.31. The van der Waals surface area contributed by atoms with Crippen LogP contribution in [0.15, 0.2) is 24.3 Å². The first-order valence-electron chi connectivity index (χ1n) is 15.7. The topological polar surface area (TPSA) is 150 Å². The average molecular weight is 617 g/mol. The second-order valence-electron chi connectivity index (χ2n) is 12.6. The van der Waals surface area contributed by atoms with Crippen LogP contribution in [0.3, 0.4) is 0 Å². The van der Waals surface area contributed by atoms with E-state index in [0.717, 1.165) is 11.3 Å². The summed E-state index contributed by atoms with van der Waals surface area (Å²) in [4.78, 5) is 46.6. The van der Waals surface area contributed by atoms with Crippen molar-refractivity contribution in [2.45, 2.75) is 74.8 Å². The summed E-state index contributed by atoms with van der Waals surface area (Å²) in [5.74, 6) is 0.0559. The maximum absolute atomic E-state index is 14.1. The van der Waals surface area contributed by atoms with Gasteiger partial charge in [-0.3, -0.25) is 19.3 Å². The number of nitrogens with one attached hydrogen (secondary N) is 1. The second-order valence-corrected chi connectivity index (χ2v) is 12.6. The van der Waals surface area contributed by atoms with Crippen molar-refractivity contribution >= 4 is 17.7 Å². The zero-order valence-corrected chi connectivity index (χ0v) is 25.2. The number of morpholine rings is 1. The predicted octanol–water partition coefficient (Wildman–Crippen LogP) is -0.870. The van der Waals surface area contributed by atoms with Gasteiger partial charge in [-0.05, 0) is 37.0 Å². The first-order valence-corrected chi connectivity index (χ1v) is 15.7. The van der Waals surface area contributed by atoms with Crippen molar-refractivity contribution < 1.29 is 43.5 Å². The monoisotopic (exact) mass is 616 g/mol. The number of likely N-dealkylation sites (tertiary alicyclic amines) is 1. The van der Waals surface area contributed by atoms with Crippen molar-refractivity contribution in [3.05, 3.63) is 29.8 Å². The summed E-state index contributed by atoms with van der Waals surface area (Å²) in [6.07, 6.45) is -3.26. The van der Waals surface area contributed by atoms with E-state index < -0.39 is 36.6 Å². The van der Waals surface area contributed by atoms with Gasteiger partial charge in [0.1, 0.15) is 24.1 Å². The number of carbonyl (C=O) groups is 3. The molecule has 6 bridgehead atoms. The molecule has 242 valence electrons. The lowest BCUT2D eigenvalue weighted by Crippen LogP contribution is -2.56. The molecular weight excluding hydrogens is 572 g/mol. The van der Waals surface area contributed by atoms with Gasteiger partial charge in [-0.25, -0.2) is 0 Å². The summed E-state index contributed by atoms with van der Waals surface area (Å²) in [5.41, 5.74) is 0.990. The third-order valence-corrected chi connectivity index (χ3v) is 9.58. The molecule has 5 heterocycles. The van der Waals surface area contributed by atoms with E-state index in [-0.39, 0.29) is 49.2 Å². The molecule has 6 rings (SSSR count). The Morgan fingerprint density at radius 3 is 2.64 bits per heavy atom. The van der Waals surface area contributed by atoms with Crippen LogP contribution in [0.1, 0.15) is 31.2 Å². The van der Waals surface area contributed by atoms with Crippen molar-refractivity contribution in [1.29, 1.82) is 0 Å². The van der Waals surface area contributed by atoms with Gasteiger partial charge in [0, 0.05) is 64.4 Å². The maximum Gasteiger partial charge on any atom is 0.240 e. The number of ether oxygens (including phenoxy) is 4. The molecule has 0 aliphatic carbocycles. The van der Waals surface area contributed by atoms with Gasteiger partial charge in [-0.1, -0.05) is 12.1 Å². The maximum atomic E-state index is 14.1. The molecule has 1 aromatic carbocycles.